The molecule has 0 aliphatic rings. The lowest BCUT2D eigenvalue weighted by molar-refractivity contribution is -0.116. The molecule has 1 heterocycles. The lowest BCUT2D eigenvalue weighted by atomic mass is 10.0. The summed E-state index contributed by atoms with van der Waals surface area (Å²) < 4.78 is 2.60. The van der Waals surface area contributed by atoms with Gasteiger partial charge in [-0.3, -0.25) is 14.3 Å². The molecule has 138 valence electrons. The molecule has 0 unspecified atom stereocenters. The maximum absolute atomic E-state index is 12.8. The zero-order valence-corrected chi connectivity index (χ0v) is 16.9. The molecule has 0 aliphatic carbocycles. The van der Waals surface area contributed by atoms with E-state index in [9.17, 15) is 9.59 Å². The molecule has 0 aliphatic heterocycles. The zero-order chi connectivity index (χ0) is 19.4. The van der Waals surface area contributed by atoms with Crippen LogP contribution in [0.25, 0.3) is 0 Å². The van der Waals surface area contributed by atoms with Crippen LogP contribution in [0, 0.1) is 6.92 Å². The van der Waals surface area contributed by atoms with Gasteiger partial charge in [0.25, 0.3) is 0 Å². The molecule has 5 nitrogen and oxygen atoms in total. The molecule has 0 saturated carbocycles. The quantitative estimate of drug-likeness (QED) is 0.550. The number of amides is 1. The standard InChI is InChI=1S/C20H17BrClN3O2/c1-13-17(21)12-25(24-13)10-9-19(26)23-18-8-7-15(22)11-16(18)20(27)14-5-3-2-4-6-14/h2-8,11-12H,9-10H2,1H3,(H,23,26). The normalized spacial score (nSPS) is 10.6. The van der Waals surface area contributed by atoms with Crippen LogP contribution >= 0.6 is 27.5 Å². The van der Waals surface area contributed by atoms with Gasteiger partial charge in [0, 0.05) is 35.3 Å². The van der Waals surface area contributed by atoms with Crippen LogP contribution in [-0.4, -0.2) is 21.5 Å². The number of carbonyl (C=O) groups excluding carboxylic acids is 2. The summed E-state index contributed by atoms with van der Waals surface area (Å²) in [6.45, 7) is 2.32. The average Bonchev–Trinajstić information content (AvgIpc) is 2.99. The number of halogens is 2. The van der Waals surface area contributed by atoms with Gasteiger partial charge in [0.1, 0.15) is 0 Å². The summed E-state index contributed by atoms with van der Waals surface area (Å²) in [6, 6.07) is 13.7. The zero-order valence-electron chi connectivity index (χ0n) is 14.6. The minimum atomic E-state index is -0.205. The Kier molecular flexibility index (Phi) is 6.08. The second-order valence-corrected chi connectivity index (χ2v) is 7.30. The number of hydrogen-bond donors (Lipinski definition) is 1. The predicted octanol–water partition coefficient (Wildman–Crippen LogP) is 4.87. The van der Waals surface area contributed by atoms with E-state index in [-0.39, 0.29) is 18.1 Å². The third-order valence-corrected chi connectivity index (χ3v) is 5.00. The van der Waals surface area contributed by atoms with Crippen molar-refractivity contribution in [3.8, 4) is 0 Å². The van der Waals surface area contributed by atoms with E-state index in [0.717, 1.165) is 10.2 Å². The van der Waals surface area contributed by atoms with Crippen molar-refractivity contribution < 1.29 is 9.59 Å². The van der Waals surface area contributed by atoms with Gasteiger partial charge in [-0.1, -0.05) is 41.9 Å². The number of nitrogens with zero attached hydrogens (tertiary/aromatic N) is 2. The van der Waals surface area contributed by atoms with E-state index in [1.54, 1.807) is 47.1 Å². The van der Waals surface area contributed by atoms with E-state index < -0.39 is 0 Å². The van der Waals surface area contributed by atoms with Gasteiger partial charge in [-0.2, -0.15) is 5.10 Å². The topological polar surface area (TPSA) is 64.0 Å². The maximum Gasteiger partial charge on any atom is 0.226 e. The van der Waals surface area contributed by atoms with Crippen LogP contribution in [0.15, 0.2) is 59.2 Å². The number of carbonyl (C=O) groups is 2. The molecule has 3 rings (SSSR count). The lowest BCUT2D eigenvalue weighted by Gasteiger charge is -2.11. The van der Waals surface area contributed by atoms with Crippen molar-refractivity contribution in [3.63, 3.8) is 0 Å². The van der Waals surface area contributed by atoms with Crippen LogP contribution < -0.4 is 5.32 Å². The van der Waals surface area contributed by atoms with Gasteiger partial charge in [0.2, 0.25) is 5.91 Å². The van der Waals surface area contributed by atoms with Gasteiger partial charge in [0.15, 0.2) is 5.78 Å². The summed E-state index contributed by atoms with van der Waals surface area (Å²) in [5.41, 5.74) is 2.20. The molecule has 0 radical (unpaired) electrons. The van der Waals surface area contributed by atoms with Crippen LogP contribution in [-0.2, 0) is 11.3 Å². The Balaban J connectivity index is 1.74. The molecule has 2 aromatic carbocycles. The van der Waals surface area contributed by atoms with Gasteiger partial charge < -0.3 is 5.32 Å². The van der Waals surface area contributed by atoms with Crippen molar-refractivity contribution >= 4 is 44.9 Å². The third kappa shape index (κ3) is 4.84. The first-order valence-electron chi connectivity index (χ1n) is 8.33. The number of anilines is 1. The fraction of sp³-hybridized carbons (Fsp3) is 0.150. The molecule has 0 atom stereocenters. The second-order valence-electron chi connectivity index (χ2n) is 6.01. The predicted molar refractivity (Wildman–Crippen MR) is 109 cm³/mol. The summed E-state index contributed by atoms with van der Waals surface area (Å²) in [5, 5.41) is 7.55. The van der Waals surface area contributed by atoms with Crippen molar-refractivity contribution in [2.45, 2.75) is 19.9 Å². The molecule has 3 aromatic rings. The van der Waals surface area contributed by atoms with E-state index in [4.69, 9.17) is 11.6 Å². The number of benzene rings is 2. The molecule has 0 bridgehead atoms. The SMILES string of the molecule is Cc1nn(CCC(=O)Nc2ccc(Cl)cc2C(=O)c2ccccc2)cc1Br. The Morgan fingerprint density at radius 3 is 2.59 bits per heavy atom. The molecule has 27 heavy (non-hydrogen) atoms. The largest absolute Gasteiger partial charge is 0.325 e. The van der Waals surface area contributed by atoms with E-state index in [1.807, 2.05) is 19.2 Å². The highest BCUT2D eigenvalue weighted by molar-refractivity contribution is 9.10. The summed E-state index contributed by atoms with van der Waals surface area (Å²) in [6.07, 6.45) is 2.06. The number of nitrogens with one attached hydrogen (secondary N) is 1. The molecule has 0 saturated heterocycles. The number of ketones is 1. The van der Waals surface area contributed by atoms with Gasteiger partial charge in [-0.25, -0.2) is 0 Å². The van der Waals surface area contributed by atoms with E-state index in [0.29, 0.717) is 28.4 Å². The second kappa shape index (κ2) is 8.50. The van der Waals surface area contributed by atoms with Gasteiger partial charge >= 0.3 is 0 Å². The summed E-state index contributed by atoms with van der Waals surface area (Å²) in [4.78, 5) is 25.2. The van der Waals surface area contributed by atoms with Gasteiger partial charge in [0.05, 0.1) is 15.9 Å². The van der Waals surface area contributed by atoms with Crippen LogP contribution in [0.5, 0.6) is 0 Å². The summed E-state index contributed by atoms with van der Waals surface area (Å²) in [7, 11) is 0. The third-order valence-electron chi connectivity index (χ3n) is 3.99. The van der Waals surface area contributed by atoms with Crippen molar-refractivity contribution in [1.29, 1.82) is 0 Å². The Bertz CT molecular complexity index is 967. The van der Waals surface area contributed by atoms with Gasteiger partial charge in [-0.15, -0.1) is 0 Å². The molecular weight excluding hydrogens is 430 g/mol. The first-order chi connectivity index (χ1) is 12.9. The van der Waals surface area contributed by atoms with Crippen LogP contribution in [0.1, 0.15) is 28.0 Å². The first-order valence-corrected chi connectivity index (χ1v) is 9.50. The minimum Gasteiger partial charge on any atom is -0.325 e. The highest BCUT2D eigenvalue weighted by Crippen LogP contribution is 2.24. The van der Waals surface area contributed by atoms with Crippen molar-refractivity contribution in [3.05, 3.63) is 81.0 Å². The fourth-order valence-corrected chi connectivity index (χ4v) is 3.08. The smallest absolute Gasteiger partial charge is 0.226 e. The summed E-state index contributed by atoms with van der Waals surface area (Å²) in [5.74, 6) is -0.399. The fourth-order valence-electron chi connectivity index (χ4n) is 2.60. The molecule has 0 fully saturated rings. The summed E-state index contributed by atoms with van der Waals surface area (Å²) >= 11 is 9.46. The number of aryl methyl sites for hydroxylation is 2. The number of aromatic nitrogens is 2. The van der Waals surface area contributed by atoms with Gasteiger partial charge in [-0.05, 0) is 41.1 Å². The van der Waals surface area contributed by atoms with Crippen molar-refractivity contribution in [2.24, 2.45) is 0 Å². The monoisotopic (exact) mass is 445 g/mol. The Hall–Kier alpha value is -2.44. The maximum atomic E-state index is 12.8. The first kappa shape index (κ1) is 19.3. The Morgan fingerprint density at radius 1 is 1.19 bits per heavy atom. The van der Waals surface area contributed by atoms with Crippen LogP contribution in [0.3, 0.4) is 0 Å². The Labute approximate surface area is 170 Å². The van der Waals surface area contributed by atoms with Crippen molar-refractivity contribution in [1.82, 2.24) is 9.78 Å². The lowest BCUT2D eigenvalue weighted by Crippen LogP contribution is -2.17. The highest BCUT2D eigenvalue weighted by Gasteiger charge is 2.16. The molecule has 0 spiro atoms. The van der Waals surface area contributed by atoms with E-state index in [2.05, 4.69) is 26.3 Å². The number of rotatable bonds is 6. The highest BCUT2D eigenvalue weighted by atomic mass is 79.9. The molecule has 1 amide bonds. The molecular formula is C20H17BrClN3O2. The van der Waals surface area contributed by atoms with Crippen LogP contribution in [0.4, 0.5) is 5.69 Å². The molecule has 1 N–H and O–H groups in total. The minimum absolute atomic E-state index is 0.194. The van der Waals surface area contributed by atoms with E-state index in [1.165, 1.54) is 0 Å². The number of hydrogen-bond acceptors (Lipinski definition) is 3. The van der Waals surface area contributed by atoms with E-state index >= 15 is 0 Å². The van der Waals surface area contributed by atoms with Crippen molar-refractivity contribution in [2.75, 3.05) is 5.32 Å². The Morgan fingerprint density at radius 2 is 1.93 bits per heavy atom. The molecule has 7 heteroatoms. The average molecular weight is 447 g/mol. The van der Waals surface area contributed by atoms with Crippen LogP contribution in [0.2, 0.25) is 5.02 Å². The molecule has 1 aromatic heterocycles.